The predicted molar refractivity (Wildman–Crippen MR) is 139 cm³/mol. The molecule has 0 atom stereocenters. The summed E-state index contributed by atoms with van der Waals surface area (Å²) in [6, 6.07) is 10.0. The van der Waals surface area contributed by atoms with Crippen LogP contribution in [0.3, 0.4) is 0 Å². The number of carbonyl (C=O) groups is 3. The first-order valence-corrected chi connectivity index (χ1v) is 12.9. The highest BCUT2D eigenvalue weighted by atomic mass is 19.4. The number of halogens is 4. The smallest absolute Gasteiger partial charge is 0.416 e. The molecule has 2 fully saturated rings. The number of carbonyl (C=O) groups excluding carboxylic acids is 3. The second kappa shape index (κ2) is 11.7. The van der Waals surface area contributed by atoms with Crippen LogP contribution >= 0.6 is 0 Å². The maximum Gasteiger partial charge on any atom is 0.416 e. The Hall–Kier alpha value is -4.32. The van der Waals surface area contributed by atoms with E-state index in [0.717, 1.165) is 31.0 Å². The van der Waals surface area contributed by atoms with E-state index in [0.29, 0.717) is 5.56 Å². The number of nitrogens with zero attached hydrogens (tertiary/aromatic N) is 2. The van der Waals surface area contributed by atoms with Crippen molar-refractivity contribution in [2.45, 2.75) is 31.9 Å². The molecule has 0 spiro atoms. The van der Waals surface area contributed by atoms with Crippen LogP contribution in [-0.2, 0) is 38.1 Å². The molecule has 41 heavy (non-hydrogen) atoms. The Morgan fingerprint density at radius 1 is 1.05 bits per heavy atom. The van der Waals surface area contributed by atoms with Crippen LogP contribution in [0.5, 0.6) is 11.5 Å². The maximum absolute atomic E-state index is 14.8. The lowest BCUT2D eigenvalue weighted by molar-refractivity contribution is -0.137. The lowest BCUT2D eigenvalue weighted by atomic mass is 9.99. The normalized spacial score (nSPS) is 15.5. The summed E-state index contributed by atoms with van der Waals surface area (Å²) in [5.74, 6) is -1.42. The highest BCUT2D eigenvalue weighted by Crippen LogP contribution is 2.34. The van der Waals surface area contributed by atoms with Gasteiger partial charge in [0.2, 0.25) is 5.91 Å². The molecule has 5 rings (SSSR count). The standard InChI is InChI=1S/C29H25F4N3O5/c30-24-13-17(1-4-25(24)41-23-5-6-34-26(15-23)35-28(39)19-2-3-19)11-22(37)12-18-9-20(29(31,32)33)14-21(10-18)36-7-8-40-16-27(36)38/h1,4-6,9-10,13-15,19H,2-3,7-8,11-12,16H2,(H,34,35,39). The molecule has 0 radical (unpaired) electrons. The van der Waals surface area contributed by atoms with E-state index in [1.54, 1.807) is 0 Å². The largest absolute Gasteiger partial charge is 0.454 e. The third-order valence-corrected chi connectivity index (χ3v) is 6.56. The summed E-state index contributed by atoms with van der Waals surface area (Å²) in [5.41, 5.74) is -0.546. The Morgan fingerprint density at radius 2 is 1.83 bits per heavy atom. The fourth-order valence-corrected chi connectivity index (χ4v) is 4.39. The summed E-state index contributed by atoms with van der Waals surface area (Å²) < 4.78 is 66.1. The van der Waals surface area contributed by atoms with Crippen molar-refractivity contribution in [1.29, 1.82) is 0 Å². The number of aromatic nitrogens is 1. The van der Waals surface area contributed by atoms with E-state index in [2.05, 4.69) is 10.3 Å². The Kier molecular flexibility index (Phi) is 8.02. The zero-order valence-electron chi connectivity index (χ0n) is 21.7. The topological polar surface area (TPSA) is 97.8 Å². The number of hydrogen-bond donors (Lipinski definition) is 1. The molecule has 1 saturated heterocycles. The van der Waals surface area contributed by atoms with Gasteiger partial charge in [0.05, 0.1) is 12.2 Å². The van der Waals surface area contributed by atoms with Gasteiger partial charge in [-0.25, -0.2) is 9.37 Å². The number of morpholine rings is 1. The van der Waals surface area contributed by atoms with Crippen molar-refractivity contribution in [3.05, 3.63) is 77.2 Å². The molecule has 8 nitrogen and oxygen atoms in total. The predicted octanol–water partition coefficient (Wildman–Crippen LogP) is 5.10. The molecule has 214 valence electrons. The number of pyridine rings is 1. The first-order valence-electron chi connectivity index (χ1n) is 12.9. The van der Waals surface area contributed by atoms with E-state index in [4.69, 9.17) is 9.47 Å². The maximum atomic E-state index is 14.8. The van der Waals surface area contributed by atoms with Gasteiger partial charge in [0.15, 0.2) is 11.6 Å². The van der Waals surface area contributed by atoms with E-state index < -0.39 is 29.2 Å². The number of benzene rings is 2. The van der Waals surface area contributed by atoms with Gasteiger partial charge in [0, 0.05) is 43.3 Å². The van der Waals surface area contributed by atoms with Gasteiger partial charge in [0.1, 0.15) is 24.0 Å². The van der Waals surface area contributed by atoms with Crippen LogP contribution in [0.4, 0.5) is 29.1 Å². The van der Waals surface area contributed by atoms with Crippen molar-refractivity contribution in [2.24, 2.45) is 5.92 Å². The van der Waals surface area contributed by atoms with Crippen molar-refractivity contribution in [1.82, 2.24) is 4.98 Å². The number of Topliss-reactive ketones (excluding diaryl/α,β-unsaturated/α-hetero) is 1. The molecule has 2 aliphatic rings. The van der Waals surface area contributed by atoms with Crippen LogP contribution in [0, 0.1) is 11.7 Å². The molecule has 2 aromatic carbocycles. The van der Waals surface area contributed by atoms with Gasteiger partial charge in [-0.05, 0) is 60.4 Å². The summed E-state index contributed by atoms with van der Waals surface area (Å²) in [7, 11) is 0. The Morgan fingerprint density at radius 3 is 2.54 bits per heavy atom. The molecule has 3 aromatic rings. The average molecular weight is 572 g/mol. The minimum absolute atomic E-state index is 0.0151. The molecule has 2 amide bonds. The van der Waals surface area contributed by atoms with Crippen LogP contribution in [0.25, 0.3) is 0 Å². The van der Waals surface area contributed by atoms with Gasteiger partial charge in [0.25, 0.3) is 5.91 Å². The van der Waals surface area contributed by atoms with Gasteiger partial charge in [-0.2, -0.15) is 13.2 Å². The third kappa shape index (κ3) is 7.26. The first-order chi connectivity index (χ1) is 19.5. The SMILES string of the molecule is O=C(Cc1cc(N2CCOCC2=O)cc(C(F)(F)F)c1)Cc1ccc(Oc2ccnc(NC(=O)C3CC3)c2)c(F)c1. The first kappa shape index (κ1) is 28.2. The monoisotopic (exact) mass is 571 g/mol. The number of rotatable bonds is 9. The van der Waals surface area contributed by atoms with E-state index in [1.807, 2.05) is 0 Å². The number of alkyl halides is 3. The van der Waals surface area contributed by atoms with E-state index in [-0.39, 0.29) is 73.0 Å². The lowest BCUT2D eigenvalue weighted by Crippen LogP contribution is -2.41. The summed E-state index contributed by atoms with van der Waals surface area (Å²) in [6.07, 6.45) is -2.18. The molecule has 1 saturated carbocycles. The molecule has 1 aromatic heterocycles. The number of ketones is 1. The van der Waals surface area contributed by atoms with Crippen molar-refractivity contribution in [3.8, 4) is 11.5 Å². The number of hydrogen-bond acceptors (Lipinski definition) is 6. The van der Waals surface area contributed by atoms with Gasteiger partial charge in [-0.15, -0.1) is 0 Å². The fourth-order valence-electron chi connectivity index (χ4n) is 4.39. The zero-order valence-corrected chi connectivity index (χ0v) is 21.7. The van der Waals surface area contributed by atoms with Crippen LogP contribution in [0.15, 0.2) is 54.7 Å². The van der Waals surface area contributed by atoms with E-state index in [9.17, 15) is 31.9 Å². The summed E-state index contributed by atoms with van der Waals surface area (Å²) in [5, 5.41) is 2.68. The molecule has 1 aliphatic heterocycles. The molecule has 2 heterocycles. The third-order valence-electron chi connectivity index (χ3n) is 6.56. The van der Waals surface area contributed by atoms with Crippen molar-refractivity contribution >= 4 is 29.1 Å². The molecular formula is C29H25F4N3O5. The molecular weight excluding hydrogens is 546 g/mol. The van der Waals surface area contributed by atoms with Gasteiger partial charge in [-0.1, -0.05) is 6.07 Å². The van der Waals surface area contributed by atoms with Crippen molar-refractivity contribution in [3.63, 3.8) is 0 Å². The number of ether oxygens (including phenoxy) is 2. The molecule has 1 aliphatic carbocycles. The summed E-state index contributed by atoms with van der Waals surface area (Å²) in [6.45, 7) is 0.0348. The minimum Gasteiger partial charge on any atom is -0.454 e. The lowest BCUT2D eigenvalue weighted by Gasteiger charge is -2.28. The second-order valence-electron chi connectivity index (χ2n) is 9.88. The zero-order chi connectivity index (χ0) is 29.1. The Bertz CT molecular complexity index is 1490. The Labute approximate surface area is 232 Å². The highest BCUT2D eigenvalue weighted by Gasteiger charge is 2.33. The van der Waals surface area contributed by atoms with Gasteiger partial charge < -0.3 is 19.7 Å². The molecule has 0 bridgehead atoms. The summed E-state index contributed by atoms with van der Waals surface area (Å²) in [4.78, 5) is 42.2. The van der Waals surface area contributed by atoms with Crippen LogP contribution < -0.4 is 15.0 Å². The van der Waals surface area contributed by atoms with Crippen molar-refractivity contribution in [2.75, 3.05) is 30.0 Å². The summed E-state index contributed by atoms with van der Waals surface area (Å²) >= 11 is 0. The molecule has 0 unspecified atom stereocenters. The highest BCUT2D eigenvalue weighted by molar-refractivity contribution is 5.95. The quantitative estimate of drug-likeness (QED) is 0.359. The Balaban J connectivity index is 1.25. The number of amides is 2. The molecule has 1 N–H and O–H groups in total. The second-order valence-corrected chi connectivity index (χ2v) is 9.88. The van der Waals surface area contributed by atoms with Gasteiger partial charge >= 0.3 is 6.18 Å². The fraction of sp³-hybridized carbons (Fsp3) is 0.310. The van der Waals surface area contributed by atoms with E-state index in [1.165, 1.54) is 41.4 Å². The number of anilines is 2. The van der Waals surface area contributed by atoms with Crippen LogP contribution in [0.2, 0.25) is 0 Å². The average Bonchev–Trinajstić information content (AvgIpc) is 3.76. The van der Waals surface area contributed by atoms with Gasteiger partial charge in [-0.3, -0.25) is 14.4 Å². The number of nitrogens with one attached hydrogen (secondary N) is 1. The van der Waals surface area contributed by atoms with Crippen LogP contribution in [-0.4, -0.2) is 42.3 Å². The minimum atomic E-state index is -4.68. The van der Waals surface area contributed by atoms with E-state index >= 15 is 0 Å². The molecule has 12 heteroatoms. The van der Waals surface area contributed by atoms with Crippen LogP contribution in [0.1, 0.15) is 29.5 Å². The van der Waals surface area contributed by atoms with Crippen molar-refractivity contribution < 1.29 is 41.4 Å².